The van der Waals surface area contributed by atoms with E-state index >= 15 is 0 Å². The predicted molar refractivity (Wildman–Crippen MR) is 70.1 cm³/mol. The van der Waals surface area contributed by atoms with Crippen LogP contribution in [0.3, 0.4) is 0 Å². The number of ketones is 1. The fourth-order valence-electron chi connectivity index (χ4n) is 2.50. The molecule has 0 aliphatic carbocycles. The fraction of sp³-hybridized carbons (Fsp3) is 0.533. The summed E-state index contributed by atoms with van der Waals surface area (Å²) in [6.45, 7) is 5.71. The monoisotopic (exact) mass is 267 g/mol. The van der Waals surface area contributed by atoms with E-state index in [9.17, 15) is 13.6 Å². The number of carbonyl (C=O) groups excluding carboxylic acids is 1. The van der Waals surface area contributed by atoms with Gasteiger partial charge in [-0.3, -0.25) is 9.69 Å². The zero-order chi connectivity index (χ0) is 14.0. The molecule has 0 saturated carbocycles. The van der Waals surface area contributed by atoms with Gasteiger partial charge in [0.1, 0.15) is 11.6 Å². The van der Waals surface area contributed by atoms with Crippen molar-refractivity contribution < 1.29 is 13.6 Å². The topological polar surface area (TPSA) is 20.3 Å². The minimum atomic E-state index is -0.776. The van der Waals surface area contributed by atoms with Gasteiger partial charge in [0.25, 0.3) is 0 Å². The van der Waals surface area contributed by atoms with Gasteiger partial charge >= 0.3 is 0 Å². The van der Waals surface area contributed by atoms with Gasteiger partial charge in [0.15, 0.2) is 5.78 Å². The van der Waals surface area contributed by atoms with Crippen molar-refractivity contribution in [3.05, 3.63) is 35.4 Å². The Morgan fingerprint density at radius 2 is 1.95 bits per heavy atom. The molecule has 0 N–H and O–H groups in total. The molecule has 104 valence electrons. The van der Waals surface area contributed by atoms with Crippen molar-refractivity contribution in [2.24, 2.45) is 5.92 Å². The molecule has 0 amide bonds. The maximum Gasteiger partial charge on any atom is 0.182 e. The second-order valence-corrected chi connectivity index (χ2v) is 5.38. The molecule has 4 heteroatoms. The van der Waals surface area contributed by atoms with Crippen LogP contribution in [0.4, 0.5) is 8.78 Å². The van der Waals surface area contributed by atoms with Gasteiger partial charge in [-0.2, -0.15) is 0 Å². The van der Waals surface area contributed by atoms with Gasteiger partial charge in [0, 0.05) is 6.07 Å². The normalized spacial score (nSPS) is 19.4. The highest BCUT2D eigenvalue weighted by molar-refractivity contribution is 6.00. The SMILES string of the molecule is CC1CCN(C(C)C(=O)c2ccc(F)cc2F)CC1. The average molecular weight is 267 g/mol. The Balaban J connectivity index is 2.10. The largest absolute Gasteiger partial charge is 0.293 e. The second kappa shape index (κ2) is 5.78. The Morgan fingerprint density at radius 3 is 2.53 bits per heavy atom. The zero-order valence-electron chi connectivity index (χ0n) is 11.3. The van der Waals surface area contributed by atoms with Crippen molar-refractivity contribution >= 4 is 5.78 Å². The summed E-state index contributed by atoms with van der Waals surface area (Å²) in [6, 6.07) is 2.77. The first kappa shape index (κ1) is 14.1. The maximum atomic E-state index is 13.6. The first-order valence-corrected chi connectivity index (χ1v) is 6.72. The molecule has 1 unspecified atom stereocenters. The molecule has 1 aromatic rings. The Labute approximate surface area is 112 Å². The summed E-state index contributed by atoms with van der Waals surface area (Å²) in [5, 5.41) is 0. The summed E-state index contributed by atoms with van der Waals surface area (Å²) in [6.07, 6.45) is 2.12. The van der Waals surface area contributed by atoms with Crippen LogP contribution in [0.1, 0.15) is 37.0 Å². The summed E-state index contributed by atoms with van der Waals surface area (Å²) in [5.74, 6) is -1.02. The highest BCUT2D eigenvalue weighted by Gasteiger charge is 2.27. The van der Waals surface area contributed by atoms with Gasteiger partial charge in [0.2, 0.25) is 0 Å². The number of Topliss-reactive ketones (excluding diaryl/α,β-unsaturated/α-hetero) is 1. The van der Waals surface area contributed by atoms with Crippen LogP contribution in [0.5, 0.6) is 0 Å². The molecule has 1 saturated heterocycles. The standard InChI is InChI=1S/C15H19F2NO/c1-10-5-7-18(8-6-10)11(2)15(19)13-4-3-12(16)9-14(13)17/h3-4,9-11H,5-8H2,1-2H3. The van der Waals surface area contributed by atoms with Gasteiger partial charge in [-0.05, 0) is 50.9 Å². The van der Waals surface area contributed by atoms with Crippen molar-refractivity contribution in [3.8, 4) is 0 Å². The Kier molecular flexibility index (Phi) is 4.30. The van der Waals surface area contributed by atoms with E-state index in [2.05, 4.69) is 11.8 Å². The first-order valence-electron chi connectivity index (χ1n) is 6.72. The molecule has 0 spiro atoms. The lowest BCUT2D eigenvalue weighted by atomic mass is 9.96. The van der Waals surface area contributed by atoms with Gasteiger partial charge in [0.05, 0.1) is 11.6 Å². The van der Waals surface area contributed by atoms with Crippen LogP contribution in [-0.2, 0) is 0 Å². The number of carbonyl (C=O) groups is 1. The minimum absolute atomic E-state index is 0.0208. The van der Waals surface area contributed by atoms with Crippen LogP contribution >= 0.6 is 0 Å². The number of rotatable bonds is 3. The van der Waals surface area contributed by atoms with Gasteiger partial charge in [-0.25, -0.2) is 8.78 Å². The molecule has 2 rings (SSSR count). The lowest BCUT2D eigenvalue weighted by Gasteiger charge is -2.34. The number of hydrogen-bond donors (Lipinski definition) is 0. The Morgan fingerprint density at radius 1 is 1.32 bits per heavy atom. The highest BCUT2D eigenvalue weighted by atomic mass is 19.1. The van der Waals surface area contributed by atoms with Gasteiger partial charge in [-0.1, -0.05) is 6.92 Å². The number of halogens is 2. The van der Waals surface area contributed by atoms with E-state index in [1.165, 1.54) is 6.07 Å². The molecule has 1 aromatic carbocycles. The molecule has 0 bridgehead atoms. The van der Waals surface area contributed by atoms with E-state index in [-0.39, 0.29) is 17.4 Å². The molecular weight excluding hydrogens is 248 g/mol. The van der Waals surface area contributed by atoms with Crippen LogP contribution < -0.4 is 0 Å². The van der Waals surface area contributed by atoms with Crippen LogP contribution in [0.25, 0.3) is 0 Å². The van der Waals surface area contributed by atoms with E-state index in [0.717, 1.165) is 38.1 Å². The minimum Gasteiger partial charge on any atom is -0.293 e. The lowest BCUT2D eigenvalue weighted by Crippen LogP contribution is -2.43. The molecule has 1 heterocycles. The smallest absolute Gasteiger partial charge is 0.182 e. The summed E-state index contributed by atoms with van der Waals surface area (Å²) in [5.41, 5.74) is -0.0208. The van der Waals surface area contributed by atoms with Crippen molar-refractivity contribution in [2.75, 3.05) is 13.1 Å². The van der Waals surface area contributed by atoms with Gasteiger partial charge in [-0.15, -0.1) is 0 Å². The van der Waals surface area contributed by atoms with Crippen LogP contribution in [0.2, 0.25) is 0 Å². The van der Waals surface area contributed by atoms with Gasteiger partial charge < -0.3 is 0 Å². The molecule has 1 aliphatic heterocycles. The van der Waals surface area contributed by atoms with E-state index in [1.807, 2.05) is 0 Å². The van der Waals surface area contributed by atoms with Crippen LogP contribution in [0.15, 0.2) is 18.2 Å². The van der Waals surface area contributed by atoms with E-state index < -0.39 is 11.6 Å². The molecular formula is C15H19F2NO. The molecule has 1 fully saturated rings. The van der Waals surface area contributed by atoms with E-state index in [0.29, 0.717) is 5.92 Å². The third-order valence-corrected chi connectivity index (χ3v) is 3.94. The summed E-state index contributed by atoms with van der Waals surface area (Å²) in [7, 11) is 0. The maximum absolute atomic E-state index is 13.6. The van der Waals surface area contributed by atoms with E-state index in [4.69, 9.17) is 0 Å². The van der Waals surface area contributed by atoms with Crippen molar-refractivity contribution in [1.29, 1.82) is 0 Å². The number of likely N-dealkylation sites (tertiary alicyclic amines) is 1. The van der Waals surface area contributed by atoms with Crippen LogP contribution in [0, 0.1) is 17.6 Å². The fourth-order valence-corrected chi connectivity index (χ4v) is 2.50. The zero-order valence-corrected chi connectivity index (χ0v) is 11.3. The average Bonchev–Trinajstić information content (AvgIpc) is 2.38. The number of hydrogen-bond acceptors (Lipinski definition) is 2. The number of nitrogens with zero attached hydrogens (tertiary/aromatic N) is 1. The molecule has 0 aromatic heterocycles. The second-order valence-electron chi connectivity index (χ2n) is 5.38. The first-order chi connectivity index (χ1) is 8.99. The van der Waals surface area contributed by atoms with E-state index in [1.54, 1.807) is 6.92 Å². The molecule has 2 nitrogen and oxygen atoms in total. The third-order valence-electron chi connectivity index (χ3n) is 3.94. The van der Waals surface area contributed by atoms with Crippen molar-refractivity contribution in [2.45, 2.75) is 32.7 Å². The van der Waals surface area contributed by atoms with Crippen LogP contribution in [-0.4, -0.2) is 29.8 Å². The Bertz CT molecular complexity index is 467. The summed E-state index contributed by atoms with van der Waals surface area (Å²) < 4.78 is 26.5. The predicted octanol–water partition coefficient (Wildman–Crippen LogP) is 3.27. The highest BCUT2D eigenvalue weighted by Crippen LogP contribution is 2.21. The lowest BCUT2D eigenvalue weighted by molar-refractivity contribution is 0.0774. The number of piperidine rings is 1. The van der Waals surface area contributed by atoms with Crippen molar-refractivity contribution in [3.63, 3.8) is 0 Å². The summed E-state index contributed by atoms with van der Waals surface area (Å²) in [4.78, 5) is 14.3. The summed E-state index contributed by atoms with van der Waals surface area (Å²) >= 11 is 0. The third kappa shape index (κ3) is 3.18. The molecule has 19 heavy (non-hydrogen) atoms. The molecule has 1 atom stereocenters. The molecule has 1 aliphatic rings. The number of benzene rings is 1. The molecule has 0 radical (unpaired) electrons. The quantitative estimate of drug-likeness (QED) is 0.783. The Hall–Kier alpha value is -1.29. The van der Waals surface area contributed by atoms with Crippen molar-refractivity contribution in [1.82, 2.24) is 4.90 Å².